The molecule has 180 valence electrons. The maximum atomic E-state index is 13.7. The van der Waals surface area contributed by atoms with Crippen LogP contribution >= 0.6 is 0 Å². The van der Waals surface area contributed by atoms with E-state index in [-0.39, 0.29) is 29.4 Å². The Morgan fingerprint density at radius 1 is 1.03 bits per heavy atom. The molecule has 2 aromatic carbocycles. The fourth-order valence-corrected chi connectivity index (χ4v) is 5.90. The quantitative estimate of drug-likeness (QED) is 0.616. The standard InChI is InChI=1S/C20H23F2N3O6S2/c1-14(25(32(2,27)28)16-5-8-18(21)19(22)13-16)20(26)23-15-3-6-17(7-4-15)33(29,30)24-9-11-31-12-10-24/h3-8,13-14H,9-12H2,1-2H3,(H,23,26). The molecule has 13 heteroatoms. The summed E-state index contributed by atoms with van der Waals surface area (Å²) >= 11 is 0. The van der Waals surface area contributed by atoms with Crippen LogP contribution in [-0.4, -0.2) is 65.6 Å². The van der Waals surface area contributed by atoms with Crippen molar-refractivity contribution in [3.05, 3.63) is 54.1 Å². The number of morpholine rings is 1. The molecule has 0 aliphatic carbocycles. The SMILES string of the molecule is CC(C(=O)Nc1ccc(S(=O)(=O)N2CCOCC2)cc1)N(c1ccc(F)c(F)c1)S(C)(=O)=O. The molecule has 1 N–H and O–H groups in total. The molecule has 0 radical (unpaired) electrons. The highest BCUT2D eigenvalue weighted by molar-refractivity contribution is 7.92. The zero-order valence-electron chi connectivity index (χ0n) is 17.9. The van der Waals surface area contributed by atoms with Crippen molar-refractivity contribution in [2.45, 2.75) is 17.9 Å². The van der Waals surface area contributed by atoms with Gasteiger partial charge in [-0.15, -0.1) is 0 Å². The van der Waals surface area contributed by atoms with Crippen LogP contribution < -0.4 is 9.62 Å². The Balaban J connectivity index is 1.78. The minimum atomic E-state index is -4.03. The highest BCUT2D eigenvalue weighted by Gasteiger charge is 2.30. The Hall–Kier alpha value is -2.61. The summed E-state index contributed by atoms with van der Waals surface area (Å²) in [4.78, 5) is 12.8. The number of carbonyl (C=O) groups excluding carboxylic acids is 1. The Morgan fingerprint density at radius 3 is 2.18 bits per heavy atom. The summed E-state index contributed by atoms with van der Waals surface area (Å²) < 4.78 is 84.0. The normalized spacial score (nSPS) is 16.2. The first-order chi connectivity index (χ1) is 15.4. The van der Waals surface area contributed by atoms with Crippen molar-refractivity contribution in [3.63, 3.8) is 0 Å². The molecule has 1 aliphatic rings. The van der Waals surface area contributed by atoms with Crippen molar-refractivity contribution < 1.29 is 35.1 Å². The van der Waals surface area contributed by atoms with Gasteiger partial charge in [-0.05, 0) is 43.3 Å². The summed E-state index contributed by atoms with van der Waals surface area (Å²) in [7, 11) is -7.75. The summed E-state index contributed by atoms with van der Waals surface area (Å²) in [5.41, 5.74) is 0.0116. The fraction of sp³-hybridized carbons (Fsp3) is 0.350. The zero-order chi connectivity index (χ0) is 24.4. The minimum Gasteiger partial charge on any atom is -0.379 e. The van der Waals surface area contributed by atoms with E-state index in [9.17, 15) is 30.4 Å². The van der Waals surface area contributed by atoms with Crippen molar-refractivity contribution in [1.82, 2.24) is 4.31 Å². The highest BCUT2D eigenvalue weighted by Crippen LogP contribution is 2.24. The number of sulfonamides is 2. The Labute approximate surface area is 191 Å². The van der Waals surface area contributed by atoms with Gasteiger partial charge in [0.2, 0.25) is 26.0 Å². The van der Waals surface area contributed by atoms with Crippen LogP contribution in [0, 0.1) is 11.6 Å². The van der Waals surface area contributed by atoms with Gasteiger partial charge in [0.1, 0.15) is 6.04 Å². The van der Waals surface area contributed by atoms with E-state index in [1.54, 1.807) is 0 Å². The maximum Gasteiger partial charge on any atom is 0.247 e. The number of benzene rings is 2. The van der Waals surface area contributed by atoms with Crippen molar-refractivity contribution in [2.24, 2.45) is 0 Å². The largest absolute Gasteiger partial charge is 0.379 e. The van der Waals surface area contributed by atoms with E-state index in [1.165, 1.54) is 35.5 Å². The number of amides is 1. The van der Waals surface area contributed by atoms with Gasteiger partial charge in [0, 0.05) is 24.8 Å². The second-order valence-electron chi connectivity index (χ2n) is 7.36. The number of nitrogens with one attached hydrogen (secondary N) is 1. The van der Waals surface area contributed by atoms with Crippen molar-refractivity contribution in [3.8, 4) is 0 Å². The number of anilines is 2. The molecule has 1 amide bonds. The van der Waals surface area contributed by atoms with Gasteiger partial charge in [-0.3, -0.25) is 9.10 Å². The number of hydrogen-bond acceptors (Lipinski definition) is 6. The molecular formula is C20H23F2N3O6S2. The molecule has 0 saturated carbocycles. The van der Waals surface area contributed by atoms with E-state index in [1.807, 2.05) is 0 Å². The Morgan fingerprint density at radius 2 is 1.64 bits per heavy atom. The third-order valence-corrected chi connectivity index (χ3v) is 8.13. The molecule has 9 nitrogen and oxygen atoms in total. The Kier molecular flexibility index (Phi) is 7.36. The van der Waals surface area contributed by atoms with Gasteiger partial charge in [-0.2, -0.15) is 4.31 Å². The van der Waals surface area contributed by atoms with Crippen LogP contribution in [0.2, 0.25) is 0 Å². The summed E-state index contributed by atoms with van der Waals surface area (Å²) in [5.74, 6) is -3.17. The predicted octanol–water partition coefficient (Wildman–Crippen LogP) is 1.78. The third-order valence-electron chi connectivity index (χ3n) is 4.98. The van der Waals surface area contributed by atoms with Crippen LogP contribution in [0.15, 0.2) is 47.4 Å². The first-order valence-electron chi connectivity index (χ1n) is 9.84. The molecule has 0 spiro atoms. The molecule has 1 fully saturated rings. The molecule has 0 bridgehead atoms. The first kappa shape index (κ1) is 25.0. The van der Waals surface area contributed by atoms with Crippen molar-refractivity contribution in [2.75, 3.05) is 42.2 Å². The molecular weight excluding hydrogens is 480 g/mol. The summed E-state index contributed by atoms with van der Waals surface area (Å²) in [6.45, 7) is 2.38. The topological polar surface area (TPSA) is 113 Å². The van der Waals surface area contributed by atoms with Crippen LogP contribution in [0.4, 0.5) is 20.2 Å². The lowest BCUT2D eigenvalue weighted by atomic mass is 10.2. The molecule has 0 aromatic heterocycles. The van der Waals surface area contributed by atoms with Gasteiger partial charge in [0.25, 0.3) is 0 Å². The summed E-state index contributed by atoms with van der Waals surface area (Å²) in [5, 5.41) is 2.51. The van der Waals surface area contributed by atoms with E-state index in [0.717, 1.165) is 18.4 Å². The molecule has 2 aromatic rings. The molecule has 33 heavy (non-hydrogen) atoms. The monoisotopic (exact) mass is 503 g/mol. The first-order valence-corrected chi connectivity index (χ1v) is 13.1. The second-order valence-corrected chi connectivity index (χ2v) is 11.2. The fourth-order valence-electron chi connectivity index (χ4n) is 3.32. The highest BCUT2D eigenvalue weighted by atomic mass is 32.2. The van der Waals surface area contributed by atoms with Gasteiger partial charge in [-0.1, -0.05) is 0 Å². The van der Waals surface area contributed by atoms with Crippen LogP contribution in [0.3, 0.4) is 0 Å². The van der Waals surface area contributed by atoms with Crippen molar-refractivity contribution in [1.29, 1.82) is 0 Å². The van der Waals surface area contributed by atoms with Crippen LogP contribution in [0.1, 0.15) is 6.92 Å². The second kappa shape index (κ2) is 9.71. The molecule has 1 atom stereocenters. The van der Waals surface area contributed by atoms with E-state index in [4.69, 9.17) is 4.74 Å². The van der Waals surface area contributed by atoms with Gasteiger partial charge in [0.15, 0.2) is 11.6 Å². The average Bonchev–Trinajstić information content (AvgIpc) is 2.76. The molecule has 1 saturated heterocycles. The van der Waals surface area contributed by atoms with E-state index in [2.05, 4.69) is 5.32 Å². The number of hydrogen-bond donors (Lipinski definition) is 1. The van der Waals surface area contributed by atoms with Crippen LogP contribution in [0.5, 0.6) is 0 Å². The smallest absolute Gasteiger partial charge is 0.247 e. The number of rotatable bonds is 7. The van der Waals surface area contributed by atoms with Gasteiger partial charge in [-0.25, -0.2) is 25.6 Å². The van der Waals surface area contributed by atoms with Crippen LogP contribution in [-0.2, 0) is 29.6 Å². The lowest BCUT2D eigenvalue weighted by Crippen LogP contribution is -2.45. The lowest BCUT2D eigenvalue weighted by Gasteiger charge is -2.28. The van der Waals surface area contributed by atoms with E-state index in [0.29, 0.717) is 23.6 Å². The number of halogens is 2. The summed E-state index contributed by atoms with van der Waals surface area (Å²) in [6.07, 6.45) is 0.837. The number of nitrogens with zero attached hydrogens (tertiary/aromatic N) is 2. The number of ether oxygens (including phenoxy) is 1. The zero-order valence-corrected chi connectivity index (χ0v) is 19.5. The molecule has 1 aliphatic heterocycles. The van der Waals surface area contributed by atoms with Crippen LogP contribution in [0.25, 0.3) is 0 Å². The van der Waals surface area contributed by atoms with Gasteiger partial charge in [0.05, 0.1) is 30.1 Å². The van der Waals surface area contributed by atoms with E-state index < -0.39 is 43.6 Å². The molecule has 1 unspecified atom stereocenters. The molecule has 1 heterocycles. The minimum absolute atomic E-state index is 0.0370. The van der Waals surface area contributed by atoms with Crippen molar-refractivity contribution >= 4 is 37.3 Å². The molecule has 3 rings (SSSR count). The maximum absolute atomic E-state index is 13.7. The van der Waals surface area contributed by atoms with Gasteiger partial charge < -0.3 is 10.1 Å². The Bertz CT molecular complexity index is 1230. The third kappa shape index (κ3) is 5.66. The average molecular weight is 504 g/mol. The summed E-state index contributed by atoms with van der Waals surface area (Å²) in [6, 6.07) is 6.59. The number of carbonyl (C=O) groups is 1. The predicted molar refractivity (Wildman–Crippen MR) is 118 cm³/mol. The lowest BCUT2D eigenvalue weighted by molar-refractivity contribution is -0.116. The van der Waals surface area contributed by atoms with Gasteiger partial charge >= 0.3 is 0 Å². The van der Waals surface area contributed by atoms with E-state index >= 15 is 0 Å².